The highest BCUT2D eigenvalue weighted by Gasteiger charge is 2.17. The molecule has 0 spiro atoms. The third-order valence-electron chi connectivity index (χ3n) is 4.12. The molecule has 3 aromatic rings. The molecule has 8 heteroatoms. The van der Waals surface area contributed by atoms with E-state index in [1.807, 2.05) is 17.7 Å². The Labute approximate surface area is 150 Å². The standard InChI is InChI=1S/C18H20N6O2/c1-13(18(26)21-10-12-23-11-9-20-14(23)2)24-17(25)4-3-16(22-24)15-5-7-19-8-6-15/h3-9,11,13H,10,12H2,1-2H3,(H,21,26). The largest absolute Gasteiger partial charge is 0.352 e. The van der Waals surface area contributed by atoms with Gasteiger partial charge in [-0.3, -0.25) is 14.6 Å². The monoisotopic (exact) mass is 352 g/mol. The van der Waals surface area contributed by atoms with Crippen molar-refractivity contribution in [3.63, 3.8) is 0 Å². The molecule has 3 heterocycles. The Hall–Kier alpha value is -3.29. The van der Waals surface area contributed by atoms with Crippen LogP contribution in [-0.4, -0.2) is 36.8 Å². The fourth-order valence-electron chi connectivity index (χ4n) is 2.58. The summed E-state index contributed by atoms with van der Waals surface area (Å²) in [6.45, 7) is 4.61. The highest BCUT2D eigenvalue weighted by molar-refractivity contribution is 5.79. The summed E-state index contributed by atoms with van der Waals surface area (Å²) in [6.07, 6.45) is 6.88. The average molecular weight is 352 g/mol. The summed E-state index contributed by atoms with van der Waals surface area (Å²) in [6, 6.07) is 5.94. The number of carbonyl (C=O) groups is 1. The van der Waals surface area contributed by atoms with Crippen molar-refractivity contribution in [2.75, 3.05) is 6.54 Å². The van der Waals surface area contributed by atoms with Gasteiger partial charge in [0.25, 0.3) is 5.56 Å². The van der Waals surface area contributed by atoms with Crippen LogP contribution in [0.1, 0.15) is 18.8 Å². The minimum Gasteiger partial charge on any atom is -0.352 e. The molecule has 0 radical (unpaired) electrons. The molecule has 1 amide bonds. The van der Waals surface area contributed by atoms with Crippen LogP contribution in [0.4, 0.5) is 0 Å². The molecule has 1 atom stereocenters. The third kappa shape index (κ3) is 3.85. The summed E-state index contributed by atoms with van der Waals surface area (Å²) in [5.74, 6) is 0.625. The van der Waals surface area contributed by atoms with Gasteiger partial charge in [0.05, 0.1) is 5.69 Å². The molecule has 8 nitrogen and oxygen atoms in total. The maximum absolute atomic E-state index is 12.4. The molecule has 0 aliphatic carbocycles. The van der Waals surface area contributed by atoms with Crippen LogP contribution in [-0.2, 0) is 11.3 Å². The van der Waals surface area contributed by atoms with Gasteiger partial charge in [-0.25, -0.2) is 9.67 Å². The third-order valence-corrected chi connectivity index (χ3v) is 4.12. The van der Waals surface area contributed by atoms with E-state index >= 15 is 0 Å². The van der Waals surface area contributed by atoms with Crippen molar-refractivity contribution in [2.24, 2.45) is 0 Å². The first-order valence-electron chi connectivity index (χ1n) is 8.32. The number of amides is 1. The van der Waals surface area contributed by atoms with Crippen LogP contribution in [0.25, 0.3) is 11.3 Å². The highest BCUT2D eigenvalue weighted by atomic mass is 16.2. The van der Waals surface area contributed by atoms with Gasteiger partial charge in [-0.15, -0.1) is 0 Å². The van der Waals surface area contributed by atoms with E-state index in [0.717, 1.165) is 11.4 Å². The number of nitrogens with one attached hydrogen (secondary N) is 1. The molecule has 0 saturated heterocycles. The maximum atomic E-state index is 12.4. The van der Waals surface area contributed by atoms with E-state index in [1.165, 1.54) is 10.7 Å². The van der Waals surface area contributed by atoms with Crippen LogP contribution in [0.2, 0.25) is 0 Å². The lowest BCUT2D eigenvalue weighted by atomic mass is 10.2. The zero-order valence-electron chi connectivity index (χ0n) is 14.7. The Bertz CT molecular complexity index is 948. The normalized spacial score (nSPS) is 11.9. The molecule has 0 saturated carbocycles. The number of hydrogen-bond donors (Lipinski definition) is 1. The molecular formula is C18H20N6O2. The predicted octanol–water partition coefficient (Wildman–Crippen LogP) is 1.19. The van der Waals surface area contributed by atoms with Gasteiger partial charge >= 0.3 is 0 Å². The summed E-state index contributed by atoms with van der Waals surface area (Å²) in [5.41, 5.74) is 1.12. The van der Waals surface area contributed by atoms with Gasteiger partial charge < -0.3 is 9.88 Å². The number of imidazole rings is 1. The molecule has 1 unspecified atom stereocenters. The fourth-order valence-corrected chi connectivity index (χ4v) is 2.58. The Morgan fingerprint density at radius 3 is 2.65 bits per heavy atom. The van der Waals surface area contributed by atoms with E-state index in [2.05, 4.69) is 20.4 Å². The lowest BCUT2D eigenvalue weighted by molar-refractivity contribution is -0.124. The summed E-state index contributed by atoms with van der Waals surface area (Å²) < 4.78 is 3.15. The molecule has 134 valence electrons. The molecule has 0 bridgehead atoms. The van der Waals surface area contributed by atoms with E-state index in [-0.39, 0.29) is 11.5 Å². The zero-order valence-corrected chi connectivity index (χ0v) is 14.7. The summed E-state index contributed by atoms with van der Waals surface area (Å²) in [4.78, 5) is 32.7. The molecule has 0 aromatic carbocycles. The van der Waals surface area contributed by atoms with Gasteiger partial charge in [0, 0.05) is 49.5 Å². The van der Waals surface area contributed by atoms with Gasteiger partial charge in [0.15, 0.2) is 0 Å². The lowest BCUT2D eigenvalue weighted by Gasteiger charge is -2.15. The predicted molar refractivity (Wildman–Crippen MR) is 96.4 cm³/mol. The highest BCUT2D eigenvalue weighted by Crippen LogP contribution is 2.14. The van der Waals surface area contributed by atoms with Crippen molar-refractivity contribution in [2.45, 2.75) is 26.4 Å². The van der Waals surface area contributed by atoms with Gasteiger partial charge in [-0.1, -0.05) is 0 Å². The van der Waals surface area contributed by atoms with Crippen molar-refractivity contribution in [1.29, 1.82) is 0 Å². The molecule has 26 heavy (non-hydrogen) atoms. The van der Waals surface area contributed by atoms with Crippen LogP contribution in [0.15, 0.2) is 53.8 Å². The second kappa shape index (κ2) is 7.73. The molecule has 0 aliphatic rings. The minimum absolute atomic E-state index is 0.260. The van der Waals surface area contributed by atoms with E-state index in [0.29, 0.717) is 18.8 Å². The SMILES string of the molecule is Cc1nccn1CCNC(=O)C(C)n1nc(-c2ccncc2)ccc1=O. The number of aryl methyl sites for hydroxylation is 1. The maximum Gasteiger partial charge on any atom is 0.267 e. The van der Waals surface area contributed by atoms with Crippen molar-refractivity contribution >= 4 is 5.91 Å². The molecule has 1 N–H and O–H groups in total. The Morgan fingerprint density at radius 1 is 1.19 bits per heavy atom. The number of nitrogens with zero attached hydrogens (tertiary/aromatic N) is 5. The first-order valence-corrected chi connectivity index (χ1v) is 8.32. The van der Waals surface area contributed by atoms with Gasteiger partial charge in [-0.05, 0) is 32.0 Å². The van der Waals surface area contributed by atoms with Crippen LogP contribution >= 0.6 is 0 Å². The first kappa shape index (κ1) is 17.5. The zero-order chi connectivity index (χ0) is 18.5. The van der Waals surface area contributed by atoms with Crippen LogP contribution in [0, 0.1) is 6.92 Å². The molecular weight excluding hydrogens is 332 g/mol. The van der Waals surface area contributed by atoms with Crippen molar-refractivity contribution in [3.05, 3.63) is 65.2 Å². The van der Waals surface area contributed by atoms with Crippen molar-refractivity contribution in [3.8, 4) is 11.3 Å². The average Bonchev–Trinajstić information content (AvgIpc) is 3.07. The van der Waals surface area contributed by atoms with E-state index in [1.54, 1.807) is 43.7 Å². The molecule has 0 aliphatic heterocycles. The molecule has 3 aromatic heterocycles. The molecule has 3 rings (SSSR count). The van der Waals surface area contributed by atoms with E-state index < -0.39 is 6.04 Å². The van der Waals surface area contributed by atoms with Crippen LogP contribution in [0.5, 0.6) is 0 Å². The fraction of sp³-hybridized carbons (Fsp3) is 0.278. The number of carbonyl (C=O) groups excluding carboxylic acids is 1. The number of hydrogen-bond acceptors (Lipinski definition) is 5. The second-order valence-corrected chi connectivity index (χ2v) is 5.87. The Kier molecular flexibility index (Phi) is 5.21. The quantitative estimate of drug-likeness (QED) is 0.719. The minimum atomic E-state index is -0.715. The van der Waals surface area contributed by atoms with Crippen LogP contribution in [0.3, 0.4) is 0 Å². The van der Waals surface area contributed by atoms with Crippen molar-refractivity contribution in [1.82, 2.24) is 29.6 Å². The summed E-state index contributed by atoms with van der Waals surface area (Å²) in [7, 11) is 0. The summed E-state index contributed by atoms with van der Waals surface area (Å²) in [5, 5.41) is 7.17. The second-order valence-electron chi connectivity index (χ2n) is 5.87. The van der Waals surface area contributed by atoms with Crippen LogP contribution < -0.4 is 10.9 Å². The van der Waals surface area contributed by atoms with E-state index in [9.17, 15) is 9.59 Å². The molecule has 0 fully saturated rings. The first-order chi connectivity index (χ1) is 12.6. The van der Waals surface area contributed by atoms with Gasteiger partial charge in [0.2, 0.25) is 5.91 Å². The van der Waals surface area contributed by atoms with Gasteiger partial charge in [-0.2, -0.15) is 5.10 Å². The Morgan fingerprint density at radius 2 is 1.96 bits per heavy atom. The van der Waals surface area contributed by atoms with Crippen molar-refractivity contribution < 1.29 is 4.79 Å². The number of rotatable bonds is 6. The number of aromatic nitrogens is 5. The number of pyridine rings is 1. The van der Waals surface area contributed by atoms with Gasteiger partial charge in [0.1, 0.15) is 11.9 Å². The summed E-state index contributed by atoms with van der Waals surface area (Å²) >= 11 is 0. The van der Waals surface area contributed by atoms with E-state index in [4.69, 9.17) is 0 Å². The smallest absolute Gasteiger partial charge is 0.267 e. The Balaban J connectivity index is 1.70. The lowest BCUT2D eigenvalue weighted by Crippen LogP contribution is -2.38. The topological polar surface area (TPSA) is 94.7 Å².